The van der Waals surface area contributed by atoms with E-state index in [4.69, 9.17) is 0 Å². The van der Waals surface area contributed by atoms with Gasteiger partial charge >= 0.3 is 0 Å². The molecule has 1 aliphatic heterocycles. The maximum atomic E-state index is 13.3. The highest BCUT2D eigenvalue weighted by Gasteiger charge is 2.37. The Morgan fingerprint density at radius 1 is 1.03 bits per heavy atom. The molecule has 29 heavy (non-hydrogen) atoms. The van der Waals surface area contributed by atoms with Gasteiger partial charge < -0.3 is 10.2 Å². The highest BCUT2D eigenvalue weighted by atomic mass is 16.2. The van der Waals surface area contributed by atoms with Crippen LogP contribution in [0.25, 0.3) is 0 Å². The van der Waals surface area contributed by atoms with Crippen molar-refractivity contribution in [2.24, 2.45) is 11.8 Å². The van der Waals surface area contributed by atoms with E-state index in [9.17, 15) is 9.59 Å². The van der Waals surface area contributed by atoms with Gasteiger partial charge in [0, 0.05) is 32.0 Å². The maximum Gasteiger partial charge on any atom is 0.227 e. The quantitative estimate of drug-likeness (QED) is 0.800. The summed E-state index contributed by atoms with van der Waals surface area (Å²) < 4.78 is 0. The minimum atomic E-state index is -0.293. The van der Waals surface area contributed by atoms with E-state index in [1.165, 1.54) is 11.1 Å². The Morgan fingerprint density at radius 2 is 1.83 bits per heavy atom. The summed E-state index contributed by atoms with van der Waals surface area (Å²) in [7, 11) is 0. The minimum Gasteiger partial charge on any atom is -0.355 e. The zero-order valence-corrected chi connectivity index (χ0v) is 16.6. The average Bonchev–Trinajstić information content (AvgIpc) is 2.79. The summed E-state index contributed by atoms with van der Waals surface area (Å²) in [6, 6.07) is 12.2. The fourth-order valence-corrected chi connectivity index (χ4v) is 4.30. The van der Waals surface area contributed by atoms with Gasteiger partial charge in [-0.3, -0.25) is 14.6 Å². The van der Waals surface area contributed by atoms with Crippen LogP contribution in [0.1, 0.15) is 29.5 Å². The second-order valence-electron chi connectivity index (χ2n) is 7.84. The number of hydrogen-bond acceptors (Lipinski definition) is 3. The molecule has 2 amide bonds. The molecule has 0 bridgehead atoms. The Morgan fingerprint density at radius 3 is 2.62 bits per heavy atom. The Labute approximate surface area is 171 Å². The third-order valence-electron chi connectivity index (χ3n) is 5.96. The zero-order valence-electron chi connectivity index (χ0n) is 16.6. The smallest absolute Gasteiger partial charge is 0.227 e. The Balaban J connectivity index is 1.37. The van der Waals surface area contributed by atoms with Crippen LogP contribution in [-0.4, -0.2) is 34.8 Å². The van der Waals surface area contributed by atoms with E-state index in [1.54, 1.807) is 6.20 Å². The second-order valence-corrected chi connectivity index (χ2v) is 7.84. The molecular weight excluding hydrogens is 362 g/mol. The molecule has 5 heteroatoms. The van der Waals surface area contributed by atoms with Gasteiger partial charge in [-0.1, -0.05) is 42.5 Å². The van der Waals surface area contributed by atoms with E-state index < -0.39 is 0 Å². The van der Waals surface area contributed by atoms with Crippen molar-refractivity contribution in [1.29, 1.82) is 0 Å². The van der Waals surface area contributed by atoms with Crippen LogP contribution in [-0.2, 0) is 29.0 Å². The molecule has 0 radical (unpaired) electrons. The number of carbonyl (C=O) groups is 2. The van der Waals surface area contributed by atoms with E-state index in [1.807, 2.05) is 47.5 Å². The van der Waals surface area contributed by atoms with Crippen molar-refractivity contribution in [1.82, 2.24) is 15.2 Å². The van der Waals surface area contributed by atoms with Crippen LogP contribution < -0.4 is 5.32 Å². The molecule has 2 heterocycles. The number of aromatic nitrogens is 1. The number of pyridine rings is 1. The highest BCUT2D eigenvalue weighted by molar-refractivity contribution is 5.88. The number of nitrogens with zero attached hydrogens (tertiary/aromatic N) is 2. The van der Waals surface area contributed by atoms with Crippen LogP contribution in [0.5, 0.6) is 0 Å². The summed E-state index contributed by atoms with van der Waals surface area (Å²) in [6.07, 6.45) is 10.5. The molecule has 1 aliphatic carbocycles. The van der Waals surface area contributed by atoms with Crippen LogP contribution >= 0.6 is 0 Å². The van der Waals surface area contributed by atoms with E-state index in [-0.39, 0.29) is 23.7 Å². The second kappa shape index (κ2) is 9.03. The van der Waals surface area contributed by atoms with Crippen LogP contribution in [0.3, 0.4) is 0 Å². The molecule has 0 saturated heterocycles. The van der Waals surface area contributed by atoms with Crippen molar-refractivity contribution in [3.8, 4) is 0 Å². The summed E-state index contributed by atoms with van der Waals surface area (Å²) >= 11 is 0. The summed E-state index contributed by atoms with van der Waals surface area (Å²) in [6.45, 7) is 1.93. The molecule has 4 rings (SSSR count). The number of allylic oxidation sites excluding steroid dienone is 2. The van der Waals surface area contributed by atoms with Crippen molar-refractivity contribution in [2.75, 3.05) is 13.1 Å². The fraction of sp³-hybridized carbons (Fsp3) is 0.375. The minimum absolute atomic E-state index is 0.0194. The normalized spacial score (nSPS) is 20.8. The summed E-state index contributed by atoms with van der Waals surface area (Å²) in [4.78, 5) is 32.2. The molecule has 2 aliphatic rings. The first-order valence-corrected chi connectivity index (χ1v) is 10.4. The zero-order chi connectivity index (χ0) is 20.1. The van der Waals surface area contributed by atoms with Crippen molar-refractivity contribution in [2.45, 2.75) is 32.2 Å². The molecule has 0 saturated carbocycles. The van der Waals surface area contributed by atoms with Gasteiger partial charge in [0.25, 0.3) is 0 Å². The van der Waals surface area contributed by atoms with Crippen molar-refractivity contribution < 1.29 is 9.59 Å². The summed E-state index contributed by atoms with van der Waals surface area (Å²) in [5.41, 5.74) is 3.64. The fourth-order valence-electron chi connectivity index (χ4n) is 4.30. The first-order valence-electron chi connectivity index (χ1n) is 10.4. The third-order valence-corrected chi connectivity index (χ3v) is 5.96. The first-order chi connectivity index (χ1) is 14.2. The molecule has 1 aromatic heterocycles. The SMILES string of the molecule is O=C(NCCc1cccnc1)C1CC=CCC1C(=O)N1CCc2ccccc2C1. The average molecular weight is 389 g/mol. The number of rotatable bonds is 5. The maximum absolute atomic E-state index is 13.3. The number of fused-ring (bicyclic) bond motifs is 1. The van der Waals surface area contributed by atoms with Gasteiger partial charge in [0.2, 0.25) is 11.8 Å². The standard InChI is InChI=1S/C24H27N3O2/c28-23(26-14-11-18-6-5-13-25-16-18)21-9-3-4-10-22(21)24(29)27-15-12-19-7-1-2-8-20(19)17-27/h1-8,13,16,21-22H,9-12,14-15,17H2,(H,26,28). The molecule has 1 N–H and O–H groups in total. The lowest BCUT2D eigenvalue weighted by atomic mass is 9.81. The molecule has 2 unspecified atom stereocenters. The molecule has 2 aromatic rings. The topological polar surface area (TPSA) is 62.3 Å². The highest BCUT2D eigenvalue weighted by Crippen LogP contribution is 2.30. The van der Waals surface area contributed by atoms with Crippen molar-refractivity contribution in [3.63, 3.8) is 0 Å². The number of benzene rings is 1. The van der Waals surface area contributed by atoms with Gasteiger partial charge in [0.1, 0.15) is 0 Å². The molecule has 2 atom stereocenters. The lowest BCUT2D eigenvalue weighted by molar-refractivity contribution is -0.142. The van der Waals surface area contributed by atoms with Gasteiger partial charge in [-0.15, -0.1) is 0 Å². The van der Waals surface area contributed by atoms with Crippen LogP contribution in [0, 0.1) is 11.8 Å². The number of hydrogen-bond donors (Lipinski definition) is 1. The summed E-state index contributed by atoms with van der Waals surface area (Å²) in [5, 5.41) is 3.03. The Bertz CT molecular complexity index is 894. The molecule has 0 spiro atoms. The van der Waals surface area contributed by atoms with E-state index in [2.05, 4.69) is 22.4 Å². The van der Waals surface area contributed by atoms with Gasteiger partial charge in [-0.2, -0.15) is 0 Å². The molecule has 5 nitrogen and oxygen atoms in total. The van der Waals surface area contributed by atoms with E-state index in [0.717, 1.165) is 24.9 Å². The predicted octanol–water partition coefficient (Wildman–Crippen LogP) is 2.91. The van der Waals surface area contributed by atoms with Crippen molar-refractivity contribution >= 4 is 11.8 Å². The third kappa shape index (κ3) is 4.56. The number of carbonyl (C=O) groups excluding carboxylic acids is 2. The van der Waals surface area contributed by atoms with Gasteiger partial charge in [-0.05, 0) is 48.4 Å². The first kappa shape index (κ1) is 19.4. The van der Waals surface area contributed by atoms with Crippen molar-refractivity contribution in [3.05, 3.63) is 77.6 Å². The number of amides is 2. The number of nitrogens with one attached hydrogen (secondary N) is 1. The van der Waals surface area contributed by atoms with E-state index >= 15 is 0 Å². The van der Waals surface area contributed by atoms with Gasteiger partial charge in [0.15, 0.2) is 0 Å². The van der Waals surface area contributed by atoms with Crippen LogP contribution in [0.4, 0.5) is 0 Å². The van der Waals surface area contributed by atoms with Gasteiger partial charge in [-0.25, -0.2) is 0 Å². The monoisotopic (exact) mass is 389 g/mol. The molecule has 1 aromatic carbocycles. The van der Waals surface area contributed by atoms with E-state index in [0.29, 0.717) is 25.9 Å². The lowest BCUT2D eigenvalue weighted by Gasteiger charge is -2.35. The Hall–Kier alpha value is -2.95. The summed E-state index contributed by atoms with van der Waals surface area (Å²) in [5.74, 6) is -0.479. The van der Waals surface area contributed by atoms with Gasteiger partial charge in [0.05, 0.1) is 11.8 Å². The molecule has 0 fully saturated rings. The van der Waals surface area contributed by atoms with Crippen LogP contribution in [0.15, 0.2) is 60.9 Å². The van der Waals surface area contributed by atoms with Crippen LogP contribution in [0.2, 0.25) is 0 Å². The lowest BCUT2D eigenvalue weighted by Crippen LogP contribution is -2.46. The largest absolute Gasteiger partial charge is 0.355 e. The molecule has 150 valence electrons. The molecular formula is C24H27N3O2. The Kier molecular flexibility index (Phi) is 6.03. The predicted molar refractivity (Wildman–Crippen MR) is 112 cm³/mol.